The fraction of sp³-hybridized carbons (Fsp3) is 0.565. The van der Waals surface area contributed by atoms with Gasteiger partial charge in [-0.1, -0.05) is 58.0 Å². The van der Waals surface area contributed by atoms with Gasteiger partial charge in [-0.25, -0.2) is 4.79 Å². The molecular formula is C23H36O5Si. The highest BCUT2D eigenvalue weighted by Crippen LogP contribution is 2.30. The molecule has 0 radical (unpaired) electrons. The SMILES string of the molecule is CCOC(=O)OC/C=C(\C)[C@H](O[Si](CC)(CC)CC)[C@@H](C)C(=O)c1ccccc1. The number of ketones is 1. The maximum atomic E-state index is 13.1. The van der Waals surface area contributed by atoms with Crippen molar-refractivity contribution in [1.82, 2.24) is 0 Å². The molecular weight excluding hydrogens is 384 g/mol. The first kappa shape index (κ1) is 25.1. The molecule has 1 aromatic carbocycles. The van der Waals surface area contributed by atoms with E-state index in [1.807, 2.05) is 50.3 Å². The first-order valence-electron chi connectivity index (χ1n) is 10.6. The summed E-state index contributed by atoms with van der Waals surface area (Å²) in [5, 5.41) is 0. The Morgan fingerprint density at radius 3 is 2.10 bits per heavy atom. The predicted octanol–water partition coefficient (Wildman–Crippen LogP) is 6.02. The van der Waals surface area contributed by atoms with Gasteiger partial charge in [-0.2, -0.15) is 0 Å². The van der Waals surface area contributed by atoms with Crippen molar-refractivity contribution in [3.63, 3.8) is 0 Å². The van der Waals surface area contributed by atoms with Gasteiger partial charge in [0.15, 0.2) is 14.1 Å². The summed E-state index contributed by atoms with van der Waals surface area (Å²) in [5.74, 6) is -0.284. The van der Waals surface area contributed by atoms with Crippen LogP contribution in [0.1, 0.15) is 51.9 Å². The number of carbonyl (C=O) groups excluding carboxylic acids is 2. The maximum absolute atomic E-state index is 13.1. The molecule has 29 heavy (non-hydrogen) atoms. The van der Waals surface area contributed by atoms with Crippen LogP contribution >= 0.6 is 0 Å². The zero-order valence-corrected chi connectivity index (χ0v) is 19.7. The van der Waals surface area contributed by atoms with Gasteiger partial charge in [0.05, 0.1) is 12.7 Å². The van der Waals surface area contributed by atoms with E-state index in [4.69, 9.17) is 13.9 Å². The van der Waals surface area contributed by atoms with E-state index in [9.17, 15) is 9.59 Å². The quantitative estimate of drug-likeness (QED) is 0.179. The smallest absolute Gasteiger partial charge is 0.435 e. The average Bonchev–Trinajstić information content (AvgIpc) is 2.75. The predicted molar refractivity (Wildman–Crippen MR) is 119 cm³/mol. The van der Waals surface area contributed by atoms with Crippen LogP contribution in [0.3, 0.4) is 0 Å². The van der Waals surface area contributed by atoms with Crippen LogP contribution in [0.4, 0.5) is 4.79 Å². The molecule has 0 spiro atoms. The maximum Gasteiger partial charge on any atom is 0.508 e. The third kappa shape index (κ3) is 7.44. The van der Waals surface area contributed by atoms with Crippen LogP contribution in [0.2, 0.25) is 18.1 Å². The zero-order chi connectivity index (χ0) is 21.9. The molecule has 0 fully saturated rings. The second-order valence-corrected chi connectivity index (χ2v) is 12.0. The zero-order valence-electron chi connectivity index (χ0n) is 18.7. The summed E-state index contributed by atoms with van der Waals surface area (Å²) in [6.07, 6.45) is 0.776. The lowest BCUT2D eigenvalue weighted by Gasteiger charge is -2.36. The highest BCUT2D eigenvalue weighted by Gasteiger charge is 2.36. The Morgan fingerprint density at radius 1 is 1.00 bits per heavy atom. The number of ether oxygens (including phenoxy) is 2. The van der Waals surface area contributed by atoms with Crippen molar-refractivity contribution in [3.05, 3.63) is 47.5 Å². The number of benzene rings is 1. The van der Waals surface area contributed by atoms with Crippen LogP contribution in [-0.2, 0) is 13.9 Å². The van der Waals surface area contributed by atoms with Crippen LogP contribution < -0.4 is 0 Å². The Hall–Kier alpha value is -1.92. The van der Waals surface area contributed by atoms with Gasteiger partial charge in [0, 0.05) is 11.5 Å². The van der Waals surface area contributed by atoms with E-state index in [0.29, 0.717) is 5.56 Å². The van der Waals surface area contributed by atoms with Gasteiger partial charge in [0.25, 0.3) is 0 Å². The summed E-state index contributed by atoms with van der Waals surface area (Å²) in [6.45, 7) is 12.5. The highest BCUT2D eigenvalue weighted by atomic mass is 28.4. The third-order valence-corrected chi connectivity index (χ3v) is 10.2. The molecule has 0 aliphatic heterocycles. The number of hydrogen-bond donors (Lipinski definition) is 0. The summed E-state index contributed by atoms with van der Waals surface area (Å²) >= 11 is 0. The van der Waals surface area contributed by atoms with E-state index in [2.05, 4.69) is 20.8 Å². The number of hydrogen-bond acceptors (Lipinski definition) is 5. The highest BCUT2D eigenvalue weighted by molar-refractivity contribution is 6.73. The number of Topliss-reactive ketones (excluding diaryl/α,β-unsaturated/α-hetero) is 1. The molecule has 0 saturated carbocycles. The molecule has 0 N–H and O–H groups in total. The normalized spacial score (nSPS) is 14.2. The Morgan fingerprint density at radius 2 is 1.59 bits per heavy atom. The topological polar surface area (TPSA) is 61.8 Å². The lowest BCUT2D eigenvalue weighted by atomic mass is 9.90. The summed E-state index contributed by atoms with van der Waals surface area (Å²) in [5.41, 5.74) is 1.58. The Balaban J connectivity index is 3.10. The Labute approximate surface area is 176 Å². The molecule has 0 bridgehead atoms. The van der Waals surface area contributed by atoms with E-state index in [1.54, 1.807) is 6.92 Å². The van der Waals surface area contributed by atoms with Gasteiger partial charge in [-0.3, -0.25) is 4.79 Å². The van der Waals surface area contributed by atoms with Gasteiger partial charge in [0.2, 0.25) is 0 Å². The van der Waals surface area contributed by atoms with E-state index < -0.39 is 14.5 Å². The van der Waals surface area contributed by atoms with Crippen molar-refractivity contribution >= 4 is 20.3 Å². The molecule has 0 amide bonds. The molecule has 6 heteroatoms. The van der Waals surface area contributed by atoms with E-state index in [1.165, 1.54) is 0 Å². The van der Waals surface area contributed by atoms with Crippen molar-refractivity contribution in [3.8, 4) is 0 Å². The van der Waals surface area contributed by atoms with Gasteiger partial charge < -0.3 is 13.9 Å². The number of rotatable bonds is 12. The summed E-state index contributed by atoms with van der Waals surface area (Å²) in [4.78, 5) is 24.5. The minimum atomic E-state index is -1.95. The fourth-order valence-electron chi connectivity index (χ4n) is 3.38. The van der Waals surface area contributed by atoms with Gasteiger partial charge >= 0.3 is 6.16 Å². The molecule has 0 unspecified atom stereocenters. The van der Waals surface area contributed by atoms with Gasteiger partial charge in [-0.15, -0.1) is 0 Å². The molecule has 162 valence electrons. The Kier molecular flexibility index (Phi) is 10.9. The summed E-state index contributed by atoms with van der Waals surface area (Å²) < 4.78 is 16.6. The van der Waals surface area contributed by atoms with Crippen molar-refractivity contribution in [2.45, 2.75) is 65.8 Å². The first-order chi connectivity index (χ1) is 13.8. The second kappa shape index (κ2) is 12.6. The molecule has 5 nitrogen and oxygen atoms in total. The standard InChI is InChI=1S/C23H36O5Si/c1-7-26-23(25)27-17-16-18(5)22(28-29(8-2,9-3)10-4)19(6)21(24)20-14-12-11-13-15-20/h11-16,19,22H,7-10,17H2,1-6H3/b18-16+/t19-,22-/m0/s1. The minimum absolute atomic E-state index is 0.0564. The number of carbonyl (C=O) groups is 2. The first-order valence-corrected chi connectivity index (χ1v) is 13.1. The van der Waals surface area contributed by atoms with Crippen molar-refractivity contribution in [1.29, 1.82) is 0 Å². The largest absolute Gasteiger partial charge is 0.508 e. The van der Waals surface area contributed by atoms with Crippen LogP contribution in [0.15, 0.2) is 42.0 Å². The van der Waals surface area contributed by atoms with Crippen LogP contribution in [0.25, 0.3) is 0 Å². The molecule has 0 heterocycles. The van der Waals surface area contributed by atoms with Crippen LogP contribution in [-0.4, -0.2) is 39.6 Å². The van der Waals surface area contributed by atoms with Crippen molar-refractivity contribution in [2.24, 2.45) is 5.92 Å². The van der Waals surface area contributed by atoms with Gasteiger partial charge in [0.1, 0.15) is 6.61 Å². The molecule has 0 saturated heterocycles. The molecule has 1 rings (SSSR count). The lowest BCUT2D eigenvalue weighted by Crippen LogP contribution is -2.44. The van der Waals surface area contributed by atoms with Crippen molar-refractivity contribution in [2.75, 3.05) is 13.2 Å². The van der Waals surface area contributed by atoms with E-state index >= 15 is 0 Å². The van der Waals surface area contributed by atoms with Gasteiger partial charge in [-0.05, 0) is 43.6 Å². The molecule has 1 aromatic rings. The monoisotopic (exact) mass is 420 g/mol. The minimum Gasteiger partial charge on any atom is -0.435 e. The summed E-state index contributed by atoms with van der Waals surface area (Å²) in [7, 11) is -1.95. The third-order valence-electron chi connectivity index (χ3n) is 5.55. The fourth-order valence-corrected chi connectivity index (χ4v) is 6.31. The van der Waals surface area contributed by atoms with E-state index in [-0.39, 0.29) is 31.0 Å². The van der Waals surface area contributed by atoms with Crippen molar-refractivity contribution < 1.29 is 23.5 Å². The summed E-state index contributed by atoms with van der Waals surface area (Å²) in [6, 6.07) is 12.3. The second-order valence-electron chi connectivity index (χ2n) is 7.24. The van der Waals surface area contributed by atoms with Crippen LogP contribution in [0, 0.1) is 5.92 Å². The van der Waals surface area contributed by atoms with E-state index in [0.717, 1.165) is 23.7 Å². The average molecular weight is 421 g/mol. The molecule has 0 aliphatic rings. The van der Waals surface area contributed by atoms with Crippen LogP contribution in [0.5, 0.6) is 0 Å². The molecule has 0 aromatic heterocycles. The lowest BCUT2D eigenvalue weighted by molar-refractivity contribution is 0.0661. The molecule has 0 aliphatic carbocycles. The Bertz CT molecular complexity index is 659. The molecule has 2 atom stereocenters.